The van der Waals surface area contributed by atoms with Gasteiger partial charge in [-0.05, 0) is 23.3 Å². The van der Waals surface area contributed by atoms with E-state index in [4.69, 9.17) is 0 Å². The van der Waals surface area contributed by atoms with Crippen molar-refractivity contribution in [2.45, 2.75) is 11.8 Å². The summed E-state index contributed by atoms with van der Waals surface area (Å²) in [6.45, 7) is 0. The highest BCUT2D eigenvalue weighted by Crippen LogP contribution is 2.61. The number of hydrogen-bond donors (Lipinski definition) is 0. The van der Waals surface area contributed by atoms with Gasteiger partial charge in [-0.1, -0.05) is 88.7 Å². The van der Waals surface area contributed by atoms with Gasteiger partial charge in [0.25, 0.3) is 0 Å². The Bertz CT molecular complexity index is 840. The molecular weight excluding hydrogens is 360 g/mol. The summed E-state index contributed by atoms with van der Waals surface area (Å²) in [5.41, 5.74) is 3.30. The molecule has 0 bridgehead atoms. The van der Waals surface area contributed by atoms with Crippen molar-refractivity contribution < 1.29 is 4.79 Å². The molecule has 118 valence electrons. The first-order valence-corrected chi connectivity index (χ1v) is 8.94. The molecular formula is C22H17BrO. The second kappa shape index (κ2) is 6.37. The predicted molar refractivity (Wildman–Crippen MR) is 100 cm³/mol. The van der Waals surface area contributed by atoms with Crippen molar-refractivity contribution in [2.24, 2.45) is 5.92 Å². The number of rotatable bonds is 4. The molecule has 1 aliphatic rings. The molecule has 0 N–H and O–H groups in total. The van der Waals surface area contributed by atoms with Crippen LogP contribution in [0.5, 0.6) is 0 Å². The van der Waals surface area contributed by atoms with Gasteiger partial charge >= 0.3 is 0 Å². The summed E-state index contributed by atoms with van der Waals surface area (Å²) in [5, 5.41) is 0. The Hall–Kier alpha value is -2.19. The minimum absolute atomic E-state index is 0.0241. The largest absolute Gasteiger partial charge is 0.294 e. The van der Waals surface area contributed by atoms with Gasteiger partial charge in [0, 0.05) is 27.8 Å². The molecule has 3 aromatic carbocycles. The minimum Gasteiger partial charge on any atom is -0.294 e. The molecule has 1 aliphatic carbocycles. The fraction of sp³-hybridized carbons (Fsp3) is 0.136. The van der Waals surface area contributed by atoms with Gasteiger partial charge in [-0.15, -0.1) is 0 Å². The third-order valence-corrected chi connectivity index (χ3v) is 5.35. The molecule has 1 nitrogen and oxygen atoms in total. The van der Waals surface area contributed by atoms with Crippen LogP contribution in [-0.2, 0) is 0 Å². The number of Topliss-reactive ketones (excluding diaryl/α,β-unsaturated/α-hetero) is 1. The summed E-state index contributed by atoms with van der Waals surface area (Å²) >= 11 is 3.49. The molecule has 0 unspecified atom stereocenters. The van der Waals surface area contributed by atoms with Crippen molar-refractivity contribution in [1.82, 2.24) is 0 Å². The standard InChI is InChI=1S/C22H17BrO/c23-18-13-11-16(12-14-18)20-19(15-7-3-1-4-8-15)21(20)22(24)17-9-5-2-6-10-17/h1-14,19-21H/t19-,20-,21-/m0/s1. The molecule has 3 atom stereocenters. The van der Waals surface area contributed by atoms with Crippen molar-refractivity contribution >= 4 is 21.7 Å². The molecule has 2 heteroatoms. The average Bonchev–Trinajstić information content (AvgIpc) is 3.39. The topological polar surface area (TPSA) is 17.1 Å². The molecule has 0 amide bonds. The zero-order chi connectivity index (χ0) is 16.5. The fourth-order valence-corrected chi connectivity index (χ4v) is 3.89. The Labute approximate surface area is 150 Å². The number of halogens is 1. The van der Waals surface area contributed by atoms with Gasteiger partial charge in [0.05, 0.1) is 0 Å². The smallest absolute Gasteiger partial charge is 0.167 e. The molecule has 1 fully saturated rings. The van der Waals surface area contributed by atoms with Crippen molar-refractivity contribution in [2.75, 3.05) is 0 Å². The minimum atomic E-state index is 0.0241. The van der Waals surface area contributed by atoms with Crippen molar-refractivity contribution in [3.63, 3.8) is 0 Å². The number of hydrogen-bond acceptors (Lipinski definition) is 1. The summed E-state index contributed by atoms with van der Waals surface area (Å²) in [5.74, 6) is 0.793. The van der Waals surface area contributed by atoms with Crippen LogP contribution in [0.4, 0.5) is 0 Å². The van der Waals surface area contributed by atoms with Crippen LogP contribution in [-0.4, -0.2) is 5.78 Å². The van der Waals surface area contributed by atoms with E-state index in [1.54, 1.807) is 0 Å². The Morgan fingerprint density at radius 3 is 1.75 bits per heavy atom. The highest BCUT2D eigenvalue weighted by Gasteiger charge is 2.55. The first-order chi connectivity index (χ1) is 11.8. The van der Waals surface area contributed by atoms with Gasteiger partial charge in [-0.3, -0.25) is 4.79 Å². The molecule has 3 aromatic rings. The SMILES string of the molecule is O=C(c1ccccc1)[C@H]1[C@@H](c2ccccc2)[C@@H]1c1ccc(Br)cc1. The Morgan fingerprint density at radius 2 is 1.17 bits per heavy atom. The van der Waals surface area contributed by atoms with Crippen LogP contribution in [0.25, 0.3) is 0 Å². The highest BCUT2D eigenvalue weighted by molar-refractivity contribution is 9.10. The first-order valence-electron chi connectivity index (χ1n) is 8.15. The number of carbonyl (C=O) groups is 1. The molecule has 24 heavy (non-hydrogen) atoms. The zero-order valence-corrected chi connectivity index (χ0v) is 14.7. The second-order valence-corrected chi connectivity index (χ2v) is 7.19. The number of ketones is 1. The van der Waals surface area contributed by atoms with Crippen LogP contribution in [0.3, 0.4) is 0 Å². The first kappa shape index (κ1) is 15.3. The van der Waals surface area contributed by atoms with Crippen LogP contribution < -0.4 is 0 Å². The predicted octanol–water partition coefficient (Wildman–Crippen LogP) is 5.83. The van der Waals surface area contributed by atoms with Gasteiger partial charge in [-0.25, -0.2) is 0 Å². The van der Waals surface area contributed by atoms with Gasteiger partial charge in [-0.2, -0.15) is 0 Å². The van der Waals surface area contributed by atoms with Gasteiger partial charge in [0.15, 0.2) is 5.78 Å². The summed E-state index contributed by atoms with van der Waals surface area (Å²) in [7, 11) is 0. The second-order valence-electron chi connectivity index (χ2n) is 6.27. The third-order valence-electron chi connectivity index (χ3n) is 4.82. The summed E-state index contributed by atoms with van der Waals surface area (Å²) in [4.78, 5) is 13.0. The lowest BCUT2D eigenvalue weighted by Crippen LogP contribution is -2.03. The van der Waals surface area contributed by atoms with Gasteiger partial charge < -0.3 is 0 Å². The number of benzene rings is 3. The molecule has 0 saturated heterocycles. The maximum absolute atomic E-state index is 13.0. The van der Waals surface area contributed by atoms with Crippen LogP contribution in [0, 0.1) is 5.92 Å². The quantitative estimate of drug-likeness (QED) is 0.523. The monoisotopic (exact) mass is 376 g/mol. The lowest BCUT2D eigenvalue weighted by atomic mass is 10.0. The normalized spacial score (nSPS) is 22.1. The Kier molecular flexibility index (Phi) is 4.07. The number of carbonyl (C=O) groups excluding carboxylic acids is 1. The third kappa shape index (κ3) is 2.83. The lowest BCUT2D eigenvalue weighted by Gasteiger charge is -2.01. The molecule has 0 heterocycles. The van der Waals surface area contributed by atoms with Crippen LogP contribution in [0.15, 0.2) is 89.4 Å². The average molecular weight is 377 g/mol. The van der Waals surface area contributed by atoms with E-state index in [2.05, 4.69) is 64.5 Å². The summed E-state index contributed by atoms with van der Waals surface area (Å²) in [6.07, 6.45) is 0. The van der Waals surface area contributed by atoms with Crippen molar-refractivity contribution in [1.29, 1.82) is 0 Å². The summed E-state index contributed by atoms with van der Waals surface area (Å²) in [6, 6.07) is 28.4. The fourth-order valence-electron chi connectivity index (χ4n) is 3.62. The lowest BCUT2D eigenvalue weighted by molar-refractivity contribution is 0.0963. The zero-order valence-electron chi connectivity index (χ0n) is 13.1. The van der Waals surface area contributed by atoms with E-state index in [1.807, 2.05) is 36.4 Å². The van der Waals surface area contributed by atoms with Crippen molar-refractivity contribution in [3.05, 3.63) is 106 Å². The molecule has 1 saturated carbocycles. The van der Waals surface area contributed by atoms with E-state index in [0.717, 1.165) is 10.0 Å². The molecule has 0 spiro atoms. The van der Waals surface area contributed by atoms with E-state index in [1.165, 1.54) is 11.1 Å². The van der Waals surface area contributed by atoms with E-state index < -0.39 is 0 Å². The molecule has 0 aromatic heterocycles. The molecule has 4 rings (SSSR count). The van der Waals surface area contributed by atoms with Gasteiger partial charge in [0.2, 0.25) is 0 Å². The van der Waals surface area contributed by atoms with Crippen LogP contribution in [0.1, 0.15) is 33.3 Å². The van der Waals surface area contributed by atoms with E-state index >= 15 is 0 Å². The maximum atomic E-state index is 13.0. The Balaban J connectivity index is 1.70. The van der Waals surface area contributed by atoms with Crippen molar-refractivity contribution in [3.8, 4) is 0 Å². The molecule has 0 radical (unpaired) electrons. The van der Waals surface area contributed by atoms with E-state index in [0.29, 0.717) is 0 Å². The highest BCUT2D eigenvalue weighted by atomic mass is 79.9. The van der Waals surface area contributed by atoms with Crippen LogP contribution >= 0.6 is 15.9 Å². The van der Waals surface area contributed by atoms with E-state index in [9.17, 15) is 4.79 Å². The maximum Gasteiger partial charge on any atom is 0.167 e. The van der Waals surface area contributed by atoms with Gasteiger partial charge in [0.1, 0.15) is 0 Å². The molecule has 0 aliphatic heterocycles. The Morgan fingerprint density at radius 1 is 0.667 bits per heavy atom. The summed E-state index contributed by atoms with van der Waals surface area (Å²) < 4.78 is 1.06. The van der Waals surface area contributed by atoms with Crippen LogP contribution in [0.2, 0.25) is 0 Å². The van der Waals surface area contributed by atoms with E-state index in [-0.39, 0.29) is 23.5 Å².